The van der Waals surface area contributed by atoms with Crippen molar-refractivity contribution < 1.29 is 19.0 Å². The lowest BCUT2D eigenvalue weighted by atomic mass is 10.0. The summed E-state index contributed by atoms with van der Waals surface area (Å²) < 4.78 is 17.3. The van der Waals surface area contributed by atoms with E-state index in [0.29, 0.717) is 24.3 Å². The van der Waals surface area contributed by atoms with Gasteiger partial charge in [-0.05, 0) is 19.1 Å². The van der Waals surface area contributed by atoms with Crippen molar-refractivity contribution in [1.29, 1.82) is 0 Å². The molecular weight excluding hydrogens is 330 g/mol. The second-order valence-corrected chi connectivity index (χ2v) is 6.42. The molecule has 0 atom stereocenters. The van der Waals surface area contributed by atoms with E-state index in [1.165, 1.54) is 0 Å². The molecular formula is C21H23NO4. The van der Waals surface area contributed by atoms with Crippen LogP contribution in [0, 0.1) is 0 Å². The van der Waals surface area contributed by atoms with Crippen molar-refractivity contribution >= 4 is 5.78 Å². The molecule has 4 rings (SSSR count). The number of rotatable bonds is 6. The van der Waals surface area contributed by atoms with Crippen molar-refractivity contribution in [2.24, 2.45) is 0 Å². The number of carbonyl (C=O) groups is 1. The van der Waals surface area contributed by atoms with Gasteiger partial charge in [-0.2, -0.15) is 0 Å². The van der Waals surface area contributed by atoms with Crippen molar-refractivity contribution in [3.05, 3.63) is 47.5 Å². The Morgan fingerprint density at radius 3 is 2.19 bits per heavy atom. The average molecular weight is 353 g/mol. The Balaban J connectivity index is 1.61. The molecule has 0 saturated carbocycles. The van der Waals surface area contributed by atoms with Crippen LogP contribution in [0.3, 0.4) is 0 Å². The summed E-state index contributed by atoms with van der Waals surface area (Å²) in [5.41, 5.74) is 3.10. The molecule has 0 amide bonds. The summed E-state index contributed by atoms with van der Waals surface area (Å²) in [6, 6.07) is 11.3. The van der Waals surface area contributed by atoms with E-state index in [1.807, 2.05) is 43.3 Å². The SMILES string of the molecule is CCOc1cccc2c1-c1c(OCCN3CCOCC3)cccc1C2=O. The molecule has 5 heteroatoms. The summed E-state index contributed by atoms with van der Waals surface area (Å²) in [4.78, 5) is 15.1. The Labute approximate surface area is 153 Å². The molecule has 0 N–H and O–H groups in total. The van der Waals surface area contributed by atoms with E-state index in [1.54, 1.807) is 0 Å². The Morgan fingerprint density at radius 1 is 0.962 bits per heavy atom. The summed E-state index contributed by atoms with van der Waals surface area (Å²) in [6.07, 6.45) is 0. The van der Waals surface area contributed by atoms with Crippen molar-refractivity contribution in [1.82, 2.24) is 4.90 Å². The van der Waals surface area contributed by atoms with Gasteiger partial charge < -0.3 is 14.2 Å². The molecule has 136 valence electrons. The Hall–Kier alpha value is -2.37. The topological polar surface area (TPSA) is 48.0 Å². The second-order valence-electron chi connectivity index (χ2n) is 6.42. The van der Waals surface area contributed by atoms with Crippen molar-refractivity contribution in [3.8, 4) is 22.6 Å². The van der Waals surface area contributed by atoms with Gasteiger partial charge >= 0.3 is 0 Å². The summed E-state index contributed by atoms with van der Waals surface area (Å²) in [5, 5.41) is 0. The number of hydrogen-bond acceptors (Lipinski definition) is 5. The Kier molecular flexibility index (Phi) is 4.91. The van der Waals surface area contributed by atoms with Gasteiger partial charge in [-0.1, -0.05) is 24.3 Å². The maximum atomic E-state index is 12.8. The molecule has 0 bridgehead atoms. The zero-order chi connectivity index (χ0) is 17.9. The second kappa shape index (κ2) is 7.48. The highest BCUT2D eigenvalue weighted by Crippen LogP contribution is 2.47. The van der Waals surface area contributed by atoms with Gasteiger partial charge in [-0.15, -0.1) is 0 Å². The van der Waals surface area contributed by atoms with Gasteiger partial charge in [-0.25, -0.2) is 0 Å². The minimum absolute atomic E-state index is 0.0372. The monoisotopic (exact) mass is 353 g/mol. The van der Waals surface area contributed by atoms with Gasteiger partial charge in [-0.3, -0.25) is 9.69 Å². The van der Waals surface area contributed by atoms with E-state index >= 15 is 0 Å². The number of carbonyl (C=O) groups excluding carboxylic acids is 1. The molecule has 1 aliphatic carbocycles. The van der Waals surface area contributed by atoms with Crippen LogP contribution in [0.15, 0.2) is 36.4 Å². The molecule has 0 aromatic heterocycles. The highest BCUT2D eigenvalue weighted by Gasteiger charge is 2.32. The van der Waals surface area contributed by atoms with E-state index in [4.69, 9.17) is 14.2 Å². The zero-order valence-electron chi connectivity index (χ0n) is 15.0. The largest absolute Gasteiger partial charge is 0.493 e. The van der Waals surface area contributed by atoms with Crippen molar-refractivity contribution in [2.45, 2.75) is 6.92 Å². The first-order valence-corrected chi connectivity index (χ1v) is 9.16. The average Bonchev–Trinajstić information content (AvgIpc) is 2.97. The van der Waals surface area contributed by atoms with Gasteiger partial charge in [0.25, 0.3) is 0 Å². The number of benzene rings is 2. The first-order valence-electron chi connectivity index (χ1n) is 9.16. The van der Waals surface area contributed by atoms with Crippen molar-refractivity contribution in [3.63, 3.8) is 0 Å². The quantitative estimate of drug-likeness (QED) is 0.682. The van der Waals surface area contributed by atoms with Crippen LogP contribution in [0.5, 0.6) is 11.5 Å². The normalized spacial score (nSPS) is 16.3. The van der Waals surface area contributed by atoms with Crippen LogP contribution in [0.2, 0.25) is 0 Å². The molecule has 0 unspecified atom stereocenters. The third kappa shape index (κ3) is 3.08. The van der Waals surface area contributed by atoms with Crippen LogP contribution in [-0.2, 0) is 4.74 Å². The maximum Gasteiger partial charge on any atom is 0.194 e. The van der Waals surface area contributed by atoms with E-state index < -0.39 is 0 Å². The fourth-order valence-corrected chi connectivity index (χ4v) is 3.61. The first kappa shape index (κ1) is 17.1. The summed E-state index contributed by atoms with van der Waals surface area (Å²) in [7, 11) is 0. The van der Waals surface area contributed by atoms with Crippen molar-refractivity contribution in [2.75, 3.05) is 46.1 Å². The fraction of sp³-hybridized carbons (Fsp3) is 0.381. The highest BCUT2D eigenvalue weighted by atomic mass is 16.5. The van der Waals surface area contributed by atoms with Gasteiger partial charge in [0.1, 0.15) is 18.1 Å². The standard InChI is InChI=1S/C21H23NO4/c1-2-25-17-7-3-5-15-19(17)20-16(21(15)23)6-4-8-18(20)26-14-11-22-9-12-24-13-10-22/h3-8H,2,9-14H2,1H3. The van der Waals surface area contributed by atoms with Crippen LogP contribution in [-0.4, -0.2) is 56.7 Å². The predicted molar refractivity (Wildman–Crippen MR) is 99.2 cm³/mol. The van der Waals surface area contributed by atoms with Gasteiger partial charge in [0, 0.05) is 41.9 Å². The molecule has 1 saturated heterocycles. The molecule has 5 nitrogen and oxygen atoms in total. The summed E-state index contributed by atoms with van der Waals surface area (Å²) in [6.45, 7) is 7.36. The van der Waals surface area contributed by atoms with Crippen LogP contribution >= 0.6 is 0 Å². The lowest BCUT2D eigenvalue weighted by molar-refractivity contribution is 0.0323. The van der Waals surface area contributed by atoms with Crippen LogP contribution in [0.4, 0.5) is 0 Å². The summed E-state index contributed by atoms with van der Waals surface area (Å²) >= 11 is 0. The van der Waals surface area contributed by atoms with Crippen LogP contribution in [0.25, 0.3) is 11.1 Å². The maximum absolute atomic E-state index is 12.8. The lowest BCUT2D eigenvalue weighted by Crippen LogP contribution is -2.38. The molecule has 26 heavy (non-hydrogen) atoms. The van der Waals surface area contributed by atoms with E-state index in [0.717, 1.165) is 55.5 Å². The van der Waals surface area contributed by atoms with E-state index in [-0.39, 0.29) is 5.78 Å². The van der Waals surface area contributed by atoms with Crippen LogP contribution in [0.1, 0.15) is 22.8 Å². The lowest BCUT2D eigenvalue weighted by Gasteiger charge is -2.26. The third-order valence-corrected chi connectivity index (χ3v) is 4.86. The van der Waals surface area contributed by atoms with Gasteiger partial charge in [0.2, 0.25) is 0 Å². The fourth-order valence-electron chi connectivity index (χ4n) is 3.61. The number of nitrogens with zero attached hydrogens (tertiary/aromatic N) is 1. The van der Waals surface area contributed by atoms with Gasteiger partial charge in [0.15, 0.2) is 5.78 Å². The molecule has 0 spiro atoms. The molecule has 1 heterocycles. The number of ketones is 1. The smallest absolute Gasteiger partial charge is 0.194 e. The molecule has 1 fully saturated rings. The van der Waals surface area contributed by atoms with E-state index in [2.05, 4.69) is 4.90 Å². The minimum Gasteiger partial charge on any atom is -0.493 e. The molecule has 2 aromatic carbocycles. The Bertz CT molecular complexity index is 812. The number of fused-ring (bicyclic) bond motifs is 3. The molecule has 0 radical (unpaired) electrons. The van der Waals surface area contributed by atoms with Gasteiger partial charge in [0.05, 0.1) is 19.8 Å². The zero-order valence-corrected chi connectivity index (χ0v) is 15.0. The third-order valence-electron chi connectivity index (χ3n) is 4.86. The summed E-state index contributed by atoms with van der Waals surface area (Å²) in [5.74, 6) is 1.52. The predicted octanol–water partition coefficient (Wildman–Crippen LogP) is 3.01. The molecule has 2 aliphatic rings. The first-order chi connectivity index (χ1) is 12.8. The highest BCUT2D eigenvalue weighted by molar-refractivity contribution is 6.23. The van der Waals surface area contributed by atoms with Crippen LogP contribution < -0.4 is 9.47 Å². The molecule has 2 aromatic rings. The molecule has 1 aliphatic heterocycles. The minimum atomic E-state index is 0.0372. The number of ether oxygens (including phenoxy) is 3. The van der Waals surface area contributed by atoms with E-state index in [9.17, 15) is 4.79 Å². The number of morpholine rings is 1. The number of hydrogen-bond donors (Lipinski definition) is 0. The Morgan fingerprint density at radius 2 is 1.58 bits per heavy atom.